The van der Waals surface area contributed by atoms with Gasteiger partial charge in [0.15, 0.2) is 5.82 Å². The Balaban J connectivity index is 1.90. The van der Waals surface area contributed by atoms with Gasteiger partial charge in [0.25, 0.3) is 0 Å². The van der Waals surface area contributed by atoms with E-state index in [9.17, 15) is 4.79 Å². The molecular weight excluding hydrogens is 258 g/mol. The molecule has 1 aliphatic rings. The molecule has 2 aromatic rings. The van der Waals surface area contributed by atoms with Crippen LogP contribution in [0.15, 0.2) is 18.3 Å². The number of rotatable bonds is 3. The number of hydrogen-bond donors (Lipinski definition) is 1. The molecule has 0 bridgehead atoms. The molecule has 1 saturated carbocycles. The Hall–Kier alpha value is -2.31. The molecule has 2 aromatic heterocycles. The largest absolute Gasteiger partial charge is 0.477 e. The first-order valence-corrected chi connectivity index (χ1v) is 6.73. The highest BCUT2D eigenvalue weighted by atomic mass is 16.4. The van der Waals surface area contributed by atoms with Gasteiger partial charge in [-0.2, -0.15) is 4.68 Å². The van der Waals surface area contributed by atoms with Crippen molar-refractivity contribution in [3.63, 3.8) is 0 Å². The third-order valence-corrected chi connectivity index (χ3v) is 3.68. The number of aromatic carboxylic acids is 1. The maximum absolute atomic E-state index is 10.8. The number of pyridine rings is 1. The summed E-state index contributed by atoms with van der Waals surface area (Å²) in [6.07, 6.45) is 7.36. The van der Waals surface area contributed by atoms with Gasteiger partial charge in [-0.25, -0.2) is 9.78 Å². The molecule has 0 spiro atoms. The second-order valence-electron chi connectivity index (χ2n) is 4.99. The summed E-state index contributed by atoms with van der Waals surface area (Å²) < 4.78 is 1.66. The van der Waals surface area contributed by atoms with Crippen molar-refractivity contribution in [3.8, 4) is 5.69 Å². The molecule has 0 atom stereocenters. The van der Waals surface area contributed by atoms with Gasteiger partial charge in [-0.3, -0.25) is 0 Å². The molecule has 1 fully saturated rings. The van der Waals surface area contributed by atoms with E-state index >= 15 is 0 Å². The Morgan fingerprint density at radius 2 is 2.05 bits per heavy atom. The van der Waals surface area contributed by atoms with Gasteiger partial charge in [0, 0.05) is 5.92 Å². The SMILES string of the molecule is O=C(O)c1ccc(-n2nnnc2C2CCCCC2)cn1. The molecule has 104 valence electrons. The van der Waals surface area contributed by atoms with Crippen LogP contribution >= 0.6 is 0 Å². The first-order chi connectivity index (χ1) is 9.75. The van der Waals surface area contributed by atoms with Gasteiger partial charge in [0.05, 0.1) is 11.9 Å². The Bertz CT molecular complexity index is 601. The first kappa shape index (κ1) is 12.7. The molecule has 2 heterocycles. The van der Waals surface area contributed by atoms with Gasteiger partial charge in [-0.15, -0.1) is 5.10 Å². The van der Waals surface area contributed by atoms with E-state index in [1.165, 1.54) is 31.5 Å². The quantitative estimate of drug-likeness (QED) is 0.916. The zero-order valence-corrected chi connectivity index (χ0v) is 10.9. The number of tetrazole rings is 1. The summed E-state index contributed by atoms with van der Waals surface area (Å²) in [5.41, 5.74) is 0.710. The average Bonchev–Trinajstić information content (AvgIpc) is 2.97. The summed E-state index contributed by atoms with van der Waals surface area (Å²) in [4.78, 5) is 14.7. The fourth-order valence-electron chi connectivity index (χ4n) is 2.63. The smallest absolute Gasteiger partial charge is 0.354 e. The van der Waals surface area contributed by atoms with E-state index in [0.29, 0.717) is 11.6 Å². The van der Waals surface area contributed by atoms with Crippen molar-refractivity contribution >= 4 is 5.97 Å². The van der Waals surface area contributed by atoms with Crippen molar-refractivity contribution in [1.82, 2.24) is 25.2 Å². The summed E-state index contributed by atoms with van der Waals surface area (Å²) >= 11 is 0. The molecular formula is C13H15N5O2. The minimum absolute atomic E-state index is 0.0149. The summed E-state index contributed by atoms with van der Waals surface area (Å²) in [5, 5.41) is 20.7. The van der Waals surface area contributed by atoms with Crippen LogP contribution in [0.25, 0.3) is 5.69 Å². The summed E-state index contributed by atoms with van der Waals surface area (Å²) in [5.74, 6) is 0.174. The zero-order valence-electron chi connectivity index (χ0n) is 10.9. The van der Waals surface area contributed by atoms with Crippen molar-refractivity contribution in [1.29, 1.82) is 0 Å². The van der Waals surface area contributed by atoms with Crippen molar-refractivity contribution in [2.45, 2.75) is 38.0 Å². The number of aromatic nitrogens is 5. The summed E-state index contributed by atoms with van der Waals surface area (Å²) in [6, 6.07) is 3.14. The van der Waals surface area contributed by atoms with Crippen molar-refractivity contribution in [3.05, 3.63) is 29.8 Å². The van der Waals surface area contributed by atoms with E-state index in [2.05, 4.69) is 20.5 Å². The number of carbonyl (C=O) groups is 1. The Morgan fingerprint density at radius 3 is 2.70 bits per heavy atom. The summed E-state index contributed by atoms with van der Waals surface area (Å²) in [6.45, 7) is 0. The Morgan fingerprint density at radius 1 is 1.25 bits per heavy atom. The van der Waals surface area contributed by atoms with Gasteiger partial charge >= 0.3 is 5.97 Å². The predicted octanol–water partition coefficient (Wildman–Crippen LogP) is 1.80. The predicted molar refractivity (Wildman–Crippen MR) is 69.7 cm³/mol. The maximum Gasteiger partial charge on any atom is 0.354 e. The van der Waals surface area contributed by atoms with Crippen LogP contribution < -0.4 is 0 Å². The molecule has 1 aliphatic carbocycles. The second-order valence-corrected chi connectivity index (χ2v) is 4.99. The first-order valence-electron chi connectivity index (χ1n) is 6.73. The maximum atomic E-state index is 10.8. The molecule has 3 rings (SSSR count). The number of carboxylic acids is 1. The normalized spacial score (nSPS) is 16.2. The lowest BCUT2D eigenvalue weighted by Crippen LogP contribution is -2.12. The van der Waals surface area contributed by atoms with Crippen LogP contribution in [-0.2, 0) is 0 Å². The highest BCUT2D eigenvalue weighted by molar-refractivity contribution is 5.85. The highest BCUT2D eigenvalue weighted by Crippen LogP contribution is 2.31. The van der Waals surface area contributed by atoms with Crippen LogP contribution in [0, 0.1) is 0 Å². The van der Waals surface area contributed by atoms with Gasteiger partial charge in [-0.05, 0) is 35.4 Å². The molecule has 0 radical (unpaired) electrons. The van der Waals surface area contributed by atoms with Crippen molar-refractivity contribution < 1.29 is 9.90 Å². The molecule has 0 amide bonds. The minimum Gasteiger partial charge on any atom is -0.477 e. The third kappa shape index (κ3) is 2.38. The second kappa shape index (κ2) is 5.36. The number of hydrogen-bond acceptors (Lipinski definition) is 5. The number of carboxylic acid groups (broad SMARTS) is 1. The van der Waals surface area contributed by atoms with Gasteiger partial charge in [-0.1, -0.05) is 19.3 Å². The molecule has 7 heteroatoms. The fraction of sp³-hybridized carbons (Fsp3) is 0.462. The molecule has 0 aromatic carbocycles. The van der Waals surface area contributed by atoms with E-state index in [1.807, 2.05) is 0 Å². The van der Waals surface area contributed by atoms with Crippen LogP contribution in [0.4, 0.5) is 0 Å². The molecule has 7 nitrogen and oxygen atoms in total. The van der Waals surface area contributed by atoms with E-state index in [0.717, 1.165) is 18.7 Å². The van der Waals surface area contributed by atoms with E-state index in [1.54, 1.807) is 10.7 Å². The summed E-state index contributed by atoms with van der Waals surface area (Å²) in [7, 11) is 0. The highest BCUT2D eigenvalue weighted by Gasteiger charge is 2.22. The Labute approximate surface area is 115 Å². The Kier molecular flexibility index (Phi) is 3.41. The lowest BCUT2D eigenvalue weighted by Gasteiger charge is -2.20. The molecule has 0 unspecified atom stereocenters. The third-order valence-electron chi connectivity index (χ3n) is 3.68. The molecule has 0 aliphatic heterocycles. The van der Waals surface area contributed by atoms with Crippen molar-refractivity contribution in [2.75, 3.05) is 0 Å². The lowest BCUT2D eigenvalue weighted by molar-refractivity contribution is 0.0690. The standard InChI is InChI=1S/C13H15N5O2/c19-13(20)11-7-6-10(8-14-11)18-12(15-16-17-18)9-4-2-1-3-5-9/h6-9H,1-5H2,(H,19,20). The van der Waals surface area contributed by atoms with Gasteiger partial charge in [0.2, 0.25) is 0 Å². The molecule has 20 heavy (non-hydrogen) atoms. The van der Waals surface area contributed by atoms with Crippen LogP contribution in [0.3, 0.4) is 0 Å². The monoisotopic (exact) mass is 273 g/mol. The molecule has 0 saturated heterocycles. The topological polar surface area (TPSA) is 93.8 Å². The van der Waals surface area contributed by atoms with Crippen LogP contribution in [0.5, 0.6) is 0 Å². The molecule has 1 N–H and O–H groups in total. The van der Waals surface area contributed by atoms with Crippen molar-refractivity contribution in [2.24, 2.45) is 0 Å². The fourth-order valence-corrected chi connectivity index (χ4v) is 2.63. The average molecular weight is 273 g/mol. The van der Waals surface area contributed by atoms with E-state index in [-0.39, 0.29) is 5.69 Å². The zero-order chi connectivity index (χ0) is 13.9. The van der Waals surface area contributed by atoms with E-state index < -0.39 is 5.97 Å². The van der Waals surface area contributed by atoms with Gasteiger partial charge in [0.1, 0.15) is 5.69 Å². The lowest BCUT2D eigenvalue weighted by atomic mass is 9.89. The number of nitrogens with zero attached hydrogens (tertiary/aromatic N) is 5. The van der Waals surface area contributed by atoms with Gasteiger partial charge < -0.3 is 5.11 Å². The van der Waals surface area contributed by atoms with Crippen LogP contribution in [-0.4, -0.2) is 36.3 Å². The van der Waals surface area contributed by atoms with E-state index in [4.69, 9.17) is 5.11 Å². The van der Waals surface area contributed by atoms with Crippen LogP contribution in [0.2, 0.25) is 0 Å². The van der Waals surface area contributed by atoms with Crippen LogP contribution in [0.1, 0.15) is 54.3 Å². The minimum atomic E-state index is -1.04.